The molecule has 0 unspecified atom stereocenters. The highest BCUT2D eigenvalue weighted by atomic mass is 127. The SMILES string of the molecule is Cc1ccc(S(=O)(=O)CC(=O)Nc2ccc(I)cc2C)cc1. The molecule has 0 heterocycles. The number of sulfone groups is 1. The molecule has 0 aliphatic carbocycles. The van der Waals surface area contributed by atoms with E-state index >= 15 is 0 Å². The van der Waals surface area contributed by atoms with Crippen LogP contribution < -0.4 is 5.32 Å². The summed E-state index contributed by atoms with van der Waals surface area (Å²) in [5.74, 6) is -1.11. The molecular formula is C16H16INO3S. The van der Waals surface area contributed by atoms with Crippen molar-refractivity contribution in [3.05, 3.63) is 57.2 Å². The molecule has 0 bridgehead atoms. The van der Waals surface area contributed by atoms with Gasteiger partial charge < -0.3 is 5.32 Å². The molecule has 0 radical (unpaired) electrons. The summed E-state index contributed by atoms with van der Waals surface area (Å²) in [6.45, 7) is 3.74. The van der Waals surface area contributed by atoms with E-state index in [1.165, 1.54) is 12.1 Å². The normalized spacial score (nSPS) is 11.2. The van der Waals surface area contributed by atoms with Crippen LogP contribution in [0.25, 0.3) is 0 Å². The fourth-order valence-electron chi connectivity index (χ4n) is 1.96. The number of nitrogens with one attached hydrogen (secondary N) is 1. The van der Waals surface area contributed by atoms with E-state index in [2.05, 4.69) is 27.9 Å². The van der Waals surface area contributed by atoms with Crippen LogP contribution in [0.2, 0.25) is 0 Å². The van der Waals surface area contributed by atoms with Crippen molar-refractivity contribution in [2.24, 2.45) is 0 Å². The van der Waals surface area contributed by atoms with Gasteiger partial charge in [-0.2, -0.15) is 0 Å². The average molecular weight is 429 g/mol. The number of amides is 1. The van der Waals surface area contributed by atoms with E-state index < -0.39 is 21.5 Å². The van der Waals surface area contributed by atoms with Crippen LogP contribution in [0.5, 0.6) is 0 Å². The first kappa shape index (κ1) is 17.0. The molecule has 116 valence electrons. The highest BCUT2D eigenvalue weighted by Crippen LogP contribution is 2.18. The third-order valence-corrected chi connectivity index (χ3v) is 5.47. The van der Waals surface area contributed by atoms with E-state index in [1.54, 1.807) is 18.2 Å². The summed E-state index contributed by atoms with van der Waals surface area (Å²) in [6, 6.07) is 12.0. The molecule has 2 aromatic carbocycles. The van der Waals surface area contributed by atoms with Crippen molar-refractivity contribution in [1.29, 1.82) is 0 Å². The lowest BCUT2D eigenvalue weighted by Gasteiger charge is -2.09. The molecular weight excluding hydrogens is 413 g/mol. The third-order valence-electron chi connectivity index (χ3n) is 3.16. The van der Waals surface area contributed by atoms with Gasteiger partial charge in [-0.25, -0.2) is 8.42 Å². The minimum Gasteiger partial charge on any atom is -0.325 e. The Bertz CT molecular complexity index is 799. The second kappa shape index (κ2) is 6.78. The molecule has 1 N–H and O–H groups in total. The molecule has 2 aromatic rings. The lowest BCUT2D eigenvalue weighted by atomic mass is 10.2. The van der Waals surface area contributed by atoms with Crippen LogP contribution in [-0.2, 0) is 14.6 Å². The maximum Gasteiger partial charge on any atom is 0.239 e. The molecule has 0 spiro atoms. The fraction of sp³-hybridized carbons (Fsp3) is 0.188. The topological polar surface area (TPSA) is 63.2 Å². The van der Waals surface area contributed by atoms with Gasteiger partial charge in [0.1, 0.15) is 5.75 Å². The first-order valence-corrected chi connectivity index (χ1v) is 9.36. The van der Waals surface area contributed by atoms with Crippen LogP contribution in [0.3, 0.4) is 0 Å². The Balaban J connectivity index is 2.12. The number of halogens is 1. The average Bonchev–Trinajstić information content (AvgIpc) is 2.42. The van der Waals surface area contributed by atoms with Crippen LogP contribution in [0.4, 0.5) is 5.69 Å². The summed E-state index contributed by atoms with van der Waals surface area (Å²) in [4.78, 5) is 12.2. The monoisotopic (exact) mass is 429 g/mol. The smallest absolute Gasteiger partial charge is 0.239 e. The Morgan fingerprint density at radius 1 is 1.09 bits per heavy atom. The number of rotatable bonds is 4. The number of benzene rings is 2. The first-order valence-electron chi connectivity index (χ1n) is 6.63. The third kappa shape index (κ3) is 4.30. The Labute approximate surface area is 144 Å². The lowest BCUT2D eigenvalue weighted by Crippen LogP contribution is -2.23. The molecule has 0 aromatic heterocycles. The Morgan fingerprint density at radius 3 is 2.32 bits per heavy atom. The van der Waals surface area contributed by atoms with Gasteiger partial charge in [-0.1, -0.05) is 17.7 Å². The van der Waals surface area contributed by atoms with E-state index in [1.807, 2.05) is 26.0 Å². The number of aryl methyl sites for hydroxylation is 2. The second-order valence-electron chi connectivity index (χ2n) is 5.08. The van der Waals surface area contributed by atoms with Crippen molar-refractivity contribution in [3.8, 4) is 0 Å². The zero-order valence-electron chi connectivity index (χ0n) is 12.3. The molecule has 2 rings (SSSR count). The number of carbonyl (C=O) groups is 1. The van der Waals surface area contributed by atoms with Crippen LogP contribution in [-0.4, -0.2) is 20.1 Å². The quantitative estimate of drug-likeness (QED) is 0.759. The van der Waals surface area contributed by atoms with E-state index in [0.717, 1.165) is 14.7 Å². The molecule has 4 nitrogen and oxygen atoms in total. The van der Waals surface area contributed by atoms with Crippen LogP contribution >= 0.6 is 22.6 Å². The van der Waals surface area contributed by atoms with Crippen molar-refractivity contribution in [1.82, 2.24) is 0 Å². The van der Waals surface area contributed by atoms with Gasteiger partial charge in [-0.3, -0.25) is 4.79 Å². The zero-order chi connectivity index (χ0) is 16.3. The van der Waals surface area contributed by atoms with Crippen molar-refractivity contribution >= 4 is 44.0 Å². The lowest BCUT2D eigenvalue weighted by molar-refractivity contribution is -0.113. The standard InChI is InChI=1S/C16H16INO3S/c1-11-3-6-14(7-4-11)22(20,21)10-16(19)18-15-8-5-13(17)9-12(15)2/h3-9H,10H2,1-2H3,(H,18,19). The molecule has 0 saturated carbocycles. The molecule has 22 heavy (non-hydrogen) atoms. The molecule has 0 fully saturated rings. The first-order chi connectivity index (χ1) is 10.3. The number of anilines is 1. The maximum atomic E-state index is 12.2. The summed E-state index contributed by atoms with van der Waals surface area (Å²) >= 11 is 2.18. The van der Waals surface area contributed by atoms with Crippen molar-refractivity contribution < 1.29 is 13.2 Å². The van der Waals surface area contributed by atoms with Gasteiger partial charge in [-0.15, -0.1) is 0 Å². The van der Waals surface area contributed by atoms with E-state index in [9.17, 15) is 13.2 Å². The Hall–Kier alpha value is -1.41. The molecule has 0 aliphatic rings. The number of hydrogen-bond acceptors (Lipinski definition) is 3. The van der Waals surface area contributed by atoms with E-state index in [4.69, 9.17) is 0 Å². The molecule has 1 amide bonds. The molecule has 0 atom stereocenters. The zero-order valence-corrected chi connectivity index (χ0v) is 15.2. The molecule has 6 heteroatoms. The van der Waals surface area contributed by atoms with E-state index in [-0.39, 0.29) is 4.90 Å². The Morgan fingerprint density at radius 2 is 1.73 bits per heavy atom. The van der Waals surface area contributed by atoms with E-state index in [0.29, 0.717) is 5.69 Å². The van der Waals surface area contributed by atoms with Crippen LogP contribution in [0.1, 0.15) is 11.1 Å². The largest absolute Gasteiger partial charge is 0.325 e. The minimum absolute atomic E-state index is 0.160. The van der Waals surface area contributed by atoms with Gasteiger partial charge in [0, 0.05) is 9.26 Å². The summed E-state index contributed by atoms with van der Waals surface area (Å²) in [7, 11) is -3.63. The summed E-state index contributed by atoms with van der Waals surface area (Å²) in [6.07, 6.45) is 0. The predicted molar refractivity (Wildman–Crippen MR) is 95.8 cm³/mol. The highest BCUT2D eigenvalue weighted by Gasteiger charge is 2.19. The molecule has 0 saturated heterocycles. The highest BCUT2D eigenvalue weighted by molar-refractivity contribution is 14.1. The van der Waals surface area contributed by atoms with Crippen LogP contribution in [0, 0.1) is 17.4 Å². The number of hydrogen-bond donors (Lipinski definition) is 1. The van der Waals surface area contributed by atoms with Crippen molar-refractivity contribution in [2.45, 2.75) is 18.7 Å². The fourth-order valence-corrected chi connectivity index (χ4v) is 3.74. The summed E-state index contributed by atoms with van der Waals surface area (Å²) in [5.41, 5.74) is 2.50. The number of carbonyl (C=O) groups excluding carboxylic acids is 1. The van der Waals surface area contributed by atoms with Crippen LogP contribution in [0.15, 0.2) is 47.4 Å². The van der Waals surface area contributed by atoms with Crippen molar-refractivity contribution in [3.63, 3.8) is 0 Å². The van der Waals surface area contributed by atoms with Gasteiger partial charge in [0.05, 0.1) is 4.90 Å². The van der Waals surface area contributed by atoms with Gasteiger partial charge >= 0.3 is 0 Å². The summed E-state index contributed by atoms with van der Waals surface area (Å²) < 4.78 is 25.5. The van der Waals surface area contributed by atoms with Gasteiger partial charge in [0.15, 0.2) is 9.84 Å². The summed E-state index contributed by atoms with van der Waals surface area (Å²) in [5, 5.41) is 2.65. The van der Waals surface area contributed by atoms with Gasteiger partial charge in [0.2, 0.25) is 5.91 Å². The Kier molecular flexibility index (Phi) is 5.23. The van der Waals surface area contributed by atoms with Crippen molar-refractivity contribution in [2.75, 3.05) is 11.1 Å². The predicted octanol–water partition coefficient (Wildman–Crippen LogP) is 3.32. The minimum atomic E-state index is -3.63. The van der Waals surface area contributed by atoms with Gasteiger partial charge in [0.25, 0.3) is 0 Å². The molecule has 0 aliphatic heterocycles. The second-order valence-corrected chi connectivity index (χ2v) is 8.31. The van der Waals surface area contributed by atoms with Gasteiger partial charge in [-0.05, 0) is 72.3 Å². The maximum absolute atomic E-state index is 12.2.